The molecule has 1 saturated heterocycles. The van der Waals surface area contributed by atoms with E-state index in [2.05, 4.69) is 15.0 Å². The number of H-pyrrole nitrogens is 1. The number of nitrogens with one attached hydrogen (secondary N) is 1. The van der Waals surface area contributed by atoms with Crippen LogP contribution in [0.3, 0.4) is 0 Å². The Balaban J connectivity index is 1.44. The number of carbonyl (C=O) groups excluding carboxylic acids is 1. The number of halogens is 3. The van der Waals surface area contributed by atoms with E-state index in [4.69, 9.17) is 4.74 Å². The molecule has 1 unspecified atom stereocenters. The molecular formula is C23H19F3N4O2S. The summed E-state index contributed by atoms with van der Waals surface area (Å²) in [5, 5.41) is 0.720. The molecule has 2 aromatic heterocycles. The van der Waals surface area contributed by atoms with Crippen molar-refractivity contribution < 1.29 is 22.7 Å². The van der Waals surface area contributed by atoms with Crippen LogP contribution in [0.2, 0.25) is 0 Å². The number of amides is 1. The number of ether oxygens (including phenoxy) is 1. The lowest BCUT2D eigenvalue weighted by molar-refractivity contribution is -0.00232. The van der Waals surface area contributed by atoms with Crippen molar-refractivity contribution >= 4 is 28.3 Å². The second-order valence-corrected chi connectivity index (χ2v) is 8.99. The normalized spacial score (nSPS) is 16.5. The summed E-state index contributed by atoms with van der Waals surface area (Å²) in [4.78, 5) is 27.5. The largest absolute Gasteiger partial charge is 0.377 e. The minimum atomic E-state index is -1.01. The van der Waals surface area contributed by atoms with Crippen molar-refractivity contribution in [2.75, 3.05) is 19.8 Å². The molecule has 1 fully saturated rings. The molecule has 1 aliphatic heterocycles. The van der Waals surface area contributed by atoms with Gasteiger partial charge in [0.25, 0.3) is 5.91 Å². The highest BCUT2D eigenvalue weighted by Gasteiger charge is 2.32. The van der Waals surface area contributed by atoms with Gasteiger partial charge in [0, 0.05) is 13.0 Å². The van der Waals surface area contributed by atoms with Crippen molar-refractivity contribution in [2.24, 2.45) is 0 Å². The molecule has 6 nitrogen and oxygen atoms in total. The zero-order valence-electron chi connectivity index (χ0n) is 17.6. The average molecular weight is 472 g/mol. The first-order valence-corrected chi connectivity index (χ1v) is 11.2. The van der Waals surface area contributed by atoms with E-state index in [1.807, 2.05) is 6.92 Å². The number of morpholine rings is 1. The predicted molar refractivity (Wildman–Crippen MR) is 118 cm³/mol. The Labute approximate surface area is 191 Å². The quantitative estimate of drug-likeness (QED) is 0.475. The number of carbonyl (C=O) groups is 1. The SMILES string of the molecule is Cc1nc(C(=O)N2CCOCC2Cc2nc3c(F)c(F)ccc3[nH]2)c(-c2ccc(F)cc2)s1. The number of aryl methyl sites for hydroxylation is 1. The second kappa shape index (κ2) is 8.60. The molecule has 5 rings (SSSR count). The molecule has 3 heterocycles. The Hall–Kier alpha value is -3.24. The van der Waals surface area contributed by atoms with Crippen molar-refractivity contribution in [3.05, 3.63) is 70.4 Å². The lowest BCUT2D eigenvalue weighted by Crippen LogP contribution is -2.50. The van der Waals surface area contributed by atoms with E-state index in [1.165, 1.54) is 29.5 Å². The number of aromatic amines is 1. The van der Waals surface area contributed by atoms with Gasteiger partial charge in [0.2, 0.25) is 0 Å². The van der Waals surface area contributed by atoms with Gasteiger partial charge >= 0.3 is 0 Å². The number of nitrogens with zero attached hydrogens (tertiary/aromatic N) is 3. The Kier molecular flexibility index (Phi) is 5.63. The first-order chi connectivity index (χ1) is 15.9. The van der Waals surface area contributed by atoms with Crippen LogP contribution in [0.4, 0.5) is 13.2 Å². The van der Waals surface area contributed by atoms with Gasteiger partial charge in [-0.2, -0.15) is 0 Å². The topological polar surface area (TPSA) is 71.1 Å². The van der Waals surface area contributed by atoms with Crippen molar-refractivity contribution in [3.8, 4) is 10.4 Å². The lowest BCUT2D eigenvalue weighted by atomic mass is 10.1. The monoisotopic (exact) mass is 472 g/mol. The fraction of sp³-hybridized carbons (Fsp3) is 0.261. The number of benzene rings is 2. The third-order valence-corrected chi connectivity index (χ3v) is 6.58. The van der Waals surface area contributed by atoms with Gasteiger partial charge in [-0.1, -0.05) is 12.1 Å². The first-order valence-electron chi connectivity index (χ1n) is 10.4. The highest BCUT2D eigenvalue weighted by molar-refractivity contribution is 7.15. The molecule has 1 amide bonds. The molecule has 2 aromatic carbocycles. The number of hydrogen-bond acceptors (Lipinski definition) is 5. The zero-order valence-corrected chi connectivity index (χ0v) is 18.4. The molecule has 4 aromatic rings. The maximum atomic E-state index is 14.1. The average Bonchev–Trinajstić information content (AvgIpc) is 3.40. The number of imidazole rings is 1. The lowest BCUT2D eigenvalue weighted by Gasteiger charge is -2.35. The van der Waals surface area contributed by atoms with Gasteiger partial charge < -0.3 is 14.6 Å². The first kappa shape index (κ1) is 21.6. The summed E-state index contributed by atoms with van der Waals surface area (Å²) in [5.41, 5.74) is 1.32. The van der Waals surface area contributed by atoms with Crippen LogP contribution < -0.4 is 0 Å². The van der Waals surface area contributed by atoms with Crippen LogP contribution in [0, 0.1) is 24.4 Å². The number of aromatic nitrogens is 3. The smallest absolute Gasteiger partial charge is 0.274 e. The number of rotatable bonds is 4. The minimum absolute atomic E-state index is 0.0756. The van der Waals surface area contributed by atoms with Gasteiger partial charge in [-0.3, -0.25) is 4.79 Å². The van der Waals surface area contributed by atoms with E-state index in [0.717, 1.165) is 11.1 Å². The Morgan fingerprint density at radius 2 is 1.97 bits per heavy atom. The van der Waals surface area contributed by atoms with E-state index in [0.29, 0.717) is 40.6 Å². The number of fused-ring (bicyclic) bond motifs is 1. The molecule has 33 heavy (non-hydrogen) atoms. The number of hydrogen-bond donors (Lipinski definition) is 1. The molecular weight excluding hydrogens is 453 g/mol. The van der Waals surface area contributed by atoms with Crippen molar-refractivity contribution in [3.63, 3.8) is 0 Å². The highest BCUT2D eigenvalue weighted by atomic mass is 32.1. The summed E-state index contributed by atoms with van der Waals surface area (Å²) >= 11 is 1.37. The summed E-state index contributed by atoms with van der Waals surface area (Å²) in [5.74, 6) is -2.17. The summed E-state index contributed by atoms with van der Waals surface area (Å²) in [6.07, 6.45) is 0.274. The zero-order chi connectivity index (χ0) is 23.1. The standard InChI is InChI=1S/C23H19F3N4O2S/c1-12-27-21(22(33-12)13-2-4-14(24)5-3-13)23(31)30-8-9-32-11-15(30)10-18-28-17-7-6-16(25)19(26)20(17)29-18/h2-7,15H,8-11H2,1H3,(H,28,29). The third-order valence-electron chi connectivity index (χ3n) is 5.56. The molecule has 10 heteroatoms. The minimum Gasteiger partial charge on any atom is -0.377 e. The summed E-state index contributed by atoms with van der Waals surface area (Å²) in [6.45, 7) is 2.81. The third kappa shape index (κ3) is 4.11. The second-order valence-electron chi connectivity index (χ2n) is 7.79. The molecule has 0 radical (unpaired) electrons. The van der Waals surface area contributed by atoms with E-state index >= 15 is 0 Å². The maximum Gasteiger partial charge on any atom is 0.274 e. The molecule has 1 aliphatic rings. The Morgan fingerprint density at radius 3 is 2.76 bits per heavy atom. The fourth-order valence-corrected chi connectivity index (χ4v) is 4.90. The summed E-state index contributed by atoms with van der Waals surface area (Å²) < 4.78 is 46.6. The highest BCUT2D eigenvalue weighted by Crippen LogP contribution is 2.32. The Morgan fingerprint density at radius 1 is 1.18 bits per heavy atom. The molecule has 0 aliphatic carbocycles. The molecule has 0 bridgehead atoms. The molecule has 1 N–H and O–H groups in total. The van der Waals surface area contributed by atoms with Crippen LogP contribution >= 0.6 is 11.3 Å². The van der Waals surface area contributed by atoms with Crippen molar-refractivity contribution in [1.29, 1.82) is 0 Å². The molecule has 0 saturated carbocycles. The van der Waals surface area contributed by atoms with Crippen LogP contribution in [-0.4, -0.2) is 51.6 Å². The van der Waals surface area contributed by atoms with Gasteiger partial charge in [0.1, 0.15) is 22.9 Å². The van der Waals surface area contributed by atoms with Gasteiger partial charge in [-0.25, -0.2) is 23.1 Å². The van der Waals surface area contributed by atoms with Crippen LogP contribution in [0.1, 0.15) is 21.3 Å². The Bertz CT molecular complexity index is 1340. The molecule has 170 valence electrons. The van der Waals surface area contributed by atoms with E-state index < -0.39 is 11.6 Å². The van der Waals surface area contributed by atoms with Crippen LogP contribution in [0.5, 0.6) is 0 Å². The fourth-order valence-electron chi connectivity index (χ4n) is 3.98. The van der Waals surface area contributed by atoms with E-state index in [9.17, 15) is 18.0 Å². The van der Waals surface area contributed by atoms with Crippen LogP contribution in [0.15, 0.2) is 36.4 Å². The van der Waals surface area contributed by atoms with E-state index in [-0.39, 0.29) is 36.3 Å². The van der Waals surface area contributed by atoms with Crippen LogP contribution in [0.25, 0.3) is 21.5 Å². The van der Waals surface area contributed by atoms with Crippen molar-refractivity contribution in [2.45, 2.75) is 19.4 Å². The van der Waals surface area contributed by atoms with Crippen LogP contribution in [-0.2, 0) is 11.2 Å². The molecule has 1 atom stereocenters. The van der Waals surface area contributed by atoms with Gasteiger partial charge in [-0.05, 0) is 36.8 Å². The molecule has 0 spiro atoms. The predicted octanol–water partition coefficient (Wildman–Crippen LogP) is 4.50. The van der Waals surface area contributed by atoms with Gasteiger partial charge in [0.15, 0.2) is 11.6 Å². The van der Waals surface area contributed by atoms with E-state index in [1.54, 1.807) is 17.0 Å². The number of thiazole rings is 1. The van der Waals surface area contributed by atoms with Gasteiger partial charge in [-0.15, -0.1) is 11.3 Å². The summed E-state index contributed by atoms with van der Waals surface area (Å²) in [6, 6.07) is 8.04. The van der Waals surface area contributed by atoms with Crippen molar-refractivity contribution in [1.82, 2.24) is 19.9 Å². The maximum absolute atomic E-state index is 14.1. The van der Waals surface area contributed by atoms with Gasteiger partial charge in [0.05, 0.1) is 34.7 Å². The summed E-state index contributed by atoms with van der Waals surface area (Å²) in [7, 11) is 0.